The van der Waals surface area contributed by atoms with E-state index in [4.69, 9.17) is 15.6 Å². The minimum atomic E-state index is 0.0561. The monoisotopic (exact) mass is 266 g/mol. The summed E-state index contributed by atoms with van der Waals surface area (Å²) in [5.41, 5.74) is 7.58. The number of aliphatic hydroxyl groups excluding tert-OH is 1. The fourth-order valence-corrected chi connectivity index (χ4v) is 1.71. The molecule has 0 radical (unpaired) electrons. The van der Waals surface area contributed by atoms with Gasteiger partial charge in [0.1, 0.15) is 5.75 Å². The molecule has 0 saturated carbocycles. The Kier molecular flexibility index (Phi) is 5.96. The summed E-state index contributed by atoms with van der Waals surface area (Å²) in [5, 5.41) is 12.4. The molecule has 0 aliphatic heterocycles. The van der Waals surface area contributed by atoms with Crippen LogP contribution in [0.3, 0.4) is 0 Å². The lowest BCUT2D eigenvalue weighted by Gasteiger charge is -2.24. The average Bonchev–Trinajstić information content (AvgIpc) is 2.36. The Morgan fingerprint density at radius 3 is 2.74 bits per heavy atom. The summed E-state index contributed by atoms with van der Waals surface area (Å²) in [6.07, 6.45) is 1.73. The van der Waals surface area contributed by atoms with E-state index < -0.39 is 0 Å². The van der Waals surface area contributed by atoms with Gasteiger partial charge in [-0.25, -0.2) is 0 Å². The molecule has 0 saturated heterocycles. The van der Waals surface area contributed by atoms with Gasteiger partial charge in [0, 0.05) is 24.9 Å². The lowest BCUT2D eigenvalue weighted by Crippen LogP contribution is -2.24. The SMILES string of the molecule is CCCOc1cc(NCC(C)(C)CCO)ccc1N. The van der Waals surface area contributed by atoms with E-state index in [0.717, 1.165) is 30.8 Å². The minimum Gasteiger partial charge on any atom is -0.491 e. The summed E-state index contributed by atoms with van der Waals surface area (Å²) in [7, 11) is 0. The van der Waals surface area contributed by atoms with Gasteiger partial charge in [0.05, 0.1) is 12.3 Å². The number of ether oxygens (including phenoxy) is 1. The van der Waals surface area contributed by atoms with E-state index in [-0.39, 0.29) is 12.0 Å². The lowest BCUT2D eigenvalue weighted by molar-refractivity contribution is 0.220. The average molecular weight is 266 g/mol. The Labute approximate surface area is 116 Å². The highest BCUT2D eigenvalue weighted by Crippen LogP contribution is 2.27. The lowest BCUT2D eigenvalue weighted by atomic mass is 9.89. The number of anilines is 2. The molecular weight excluding hydrogens is 240 g/mol. The van der Waals surface area contributed by atoms with E-state index in [2.05, 4.69) is 26.1 Å². The first-order valence-corrected chi connectivity index (χ1v) is 6.85. The highest BCUT2D eigenvalue weighted by Gasteiger charge is 2.16. The predicted octanol–water partition coefficient (Wildman–Crippen LogP) is 2.88. The maximum absolute atomic E-state index is 9.01. The van der Waals surface area contributed by atoms with Crippen molar-refractivity contribution in [1.82, 2.24) is 0 Å². The molecule has 0 aliphatic rings. The summed E-state index contributed by atoms with van der Waals surface area (Å²) < 4.78 is 5.60. The number of hydrogen-bond donors (Lipinski definition) is 3. The minimum absolute atomic E-state index is 0.0561. The number of benzene rings is 1. The highest BCUT2D eigenvalue weighted by atomic mass is 16.5. The third-order valence-electron chi connectivity index (χ3n) is 3.03. The summed E-state index contributed by atoms with van der Waals surface area (Å²) in [5.74, 6) is 0.729. The van der Waals surface area contributed by atoms with Crippen LogP contribution in [0.1, 0.15) is 33.6 Å². The van der Waals surface area contributed by atoms with E-state index >= 15 is 0 Å². The van der Waals surface area contributed by atoms with Crippen LogP contribution < -0.4 is 15.8 Å². The normalized spacial score (nSPS) is 11.4. The molecular formula is C15H26N2O2. The summed E-state index contributed by atoms with van der Waals surface area (Å²) in [6, 6.07) is 5.73. The van der Waals surface area contributed by atoms with Crippen LogP contribution in [-0.4, -0.2) is 24.9 Å². The molecule has 108 valence electrons. The molecule has 19 heavy (non-hydrogen) atoms. The van der Waals surface area contributed by atoms with Crippen molar-refractivity contribution >= 4 is 11.4 Å². The van der Waals surface area contributed by atoms with Crippen molar-refractivity contribution in [3.8, 4) is 5.75 Å². The third kappa shape index (κ3) is 5.39. The van der Waals surface area contributed by atoms with Crippen LogP contribution in [0.15, 0.2) is 18.2 Å². The van der Waals surface area contributed by atoms with Gasteiger partial charge in [-0.3, -0.25) is 0 Å². The van der Waals surface area contributed by atoms with Crippen LogP contribution in [0, 0.1) is 5.41 Å². The van der Waals surface area contributed by atoms with Crippen LogP contribution in [0.2, 0.25) is 0 Å². The second-order valence-corrected chi connectivity index (χ2v) is 5.59. The molecule has 0 unspecified atom stereocenters. The molecule has 1 aromatic rings. The van der Waals surface area contributed by atoms with Crippen LogP contribution in [0.5, 0.6) is 5.75 Å². The number of nitrogen functional groups attached to an aromatic ring is 1. The predicted molar refractivity (Wildman–Crippen MR) is 80.6 cm³/mol. The number of nitrogens with one attached hydrogen (secondary N) is 1. The zero-order chi connectivity index (χ0) is 14.3. The van der Waals surface area contributed by atoms with Crippen LogP contribution >= 0.6 is 0 Å². The molecule has 1 aromatic carbocycles. The fraction of sp³-hybridized carbons (Fsp3) is 0.600. The van der Waals surface area contributed by atoms with Gasteiger partial charge in [-0.2, -0.15) is 0 Å². The topological polar surface area (TPSA) is 67.5 Å². The van der Waals surface area contributed by atoms with E-state index in [9.17, 15) is 0 Å². The second kappa shape index (κ2) is 7.24. The van der Waals surface area contributed by atoms with Crippen molar-refractivity contribution in [1.29, 1.82) is 0 Å². The van der Waals surface area contributed by atoms with E-state index in [0.29, 0.717) is 12.3 Å². The molecule has 4 N–H and O–H groups in total. The first-order valence-electron chi connectivity index (χ1n) is 6.85. The Balaban J connectivity index is 2.63. The number of rotatable bonds is 8. The van der Waals surface area contributed by atoms with Gasteiger partial charge in [0.2, 0.25) is 0 Å². The molecule has 0 heterocycles. The third-order valence-corrected chi connectivity index (χ3v) is 3.03. The van der Waals surface area contributed by atoms with Gasteiger partial charge in [-0.15, -0.1) is 0 Å². The molecule has 0 fully saturated rings. The van der Waals surface area contributed by atoms with Crippen LogP contribution in [0.4, 0.5) is 11.4 Å². The van der Waals surface area contributed by atoms with Gasteiger partial charge in [0.25, 0.3) is 0 Å². The maximum Gasteiger partial charge on any atom is 0.144 e. The molecule has 0 spiro atoms. The Hall–Kier alpha value is -1.42. The van der Waals surface area contributed by atoms with Crippen molar-refractivity contribution in [2.24, 2.45) is 5.41 Å². The standard InChI is InChI=1S/C15H26N2O2/c1-4-9-19-14-10-12(5-6-13(14)16)17-11-15(2,3)7-8-18/h5-6,10,17-18H,4,7-9,11,16H2,1-3H3. The Morgan fingerprint density at radius 2 is 2.11 bits per heavy atom. The summed E-state index contributed by atoms with van der Waals surface area (Å²) in [4.78, 5) is 0. The smallest absolute Gasteiger partial charge is 0.144 e. The van der Waals surface area contributed by atoms with E-state index in [1.807, 2.05) is 18.2 Å². The molecule has 0 aliphatic carbocycles. The first-order chi connectivity index (χ1) is 8.98. The molecule has 0 aromatic heterocycles. The molecule has 0 amide bonds. The van der Waals surface area contributed by atoms with Gasteiger partial charge >= 0.3 is 0 Å². The quantitative estimate of drug-likeness (QED) is 0.633. The number of aliphatic hydroxyl groups is 1. The van der Waals surface area contributed by atoms with Gasteiger partial charge in [-0.05, 0) is 30.4 Å². The Morgan fingerprint density at radius 1 is 1.37 bits per heavy atom. The van der Waals surface area contributed by atoms with E-state index in [1.165, 1.54) is 0 Å². The van der Waals surface area contributed by atoms with Gasteiger partial charge in [-0.1, -0.05) is 20.8 Å². The fourth-order valence-electron chi connectivity index (χ4n) is 1.71. The van der Waals surface area contributed by atoms with Crippen molar-refractivity contribution < 1.29 is 9.84 Å². The van der Waals surface area contributed by atoms with Crippen molar-refractivity contribution in [3.63, 3.8) is 0 Å². The van der Waals surface area contributed by atoms with Gasteiger partial charge in [0.15, 0.2) is 0 Å². The zero-order valence-electron chi connectivity index (χ0n) is 12.2. The second-order valence-electron chi connectivity index (χ2n) is 5.59. The number of hydrogen-bond acceptors (Lipinski definition) is 4. The molecule has 4 nitrogen and oxygen atoms in total. The zero-order valence-corrected chi connectivity index (χ0v) is 12.2. The first kappa shape index (κ1) is 15.6. The largest absolute Gasteiger partial charge is 0.491 e. The van der Waals surface area contributed by atoms with Crippen LogP contribution in [0.25, 0.3) is 0 Å². The molecule has 1 rings (SSSR count). The van der Waals surface area contributed by atoms with Crippen molar-refractivity contribution in [2.45, 2.75) is 33.6 Å². The molecule has 0 atom stereocenters. The summed E-state index contributed by atoms with van der Waals surface area (Å²) in [6.45, 7) is 8.00. The van der Waals surface area contributed by atoms with E-state index in [1.54, 1.807) is 0 Å². The molecule has 0 bridgehead atoms. The molecule has 4 heteroatoms. The summed E-state index contributed by atoms with van der Waals surface area (Å²) >= 11 is 0. The highest BCUT2D eigenvalue weighted by molar-refractivity contribution is 5.61. The van der Waals surface area contributed by atoms with Crippen molar-refractivity contribution in [2.75, 3.05) is 30.8 Å². The number of nitrogens with two attached hydrogens (primary N) is 1. The van der Waals surface area contributed by atoms with Crippen LogP contribution in [-0.2, 0) is 0 Å². The maximum atomic E-state index is 9.01. The van der Waals surface area contributed by atoms with Crippen molar-refractivity contribution in [3.05, 3.63) is 18.2 Å². The van der Waals surface area contributed by atoms with Gasteiger partial charge < -0.3 is 20.9 Å². The Bertz CT molecular complexity index is 392.